The molecule has 1 amide bonds. The second kappa shape index (κ2) is 9.45. The number of anilines is 1. The van der Waals surface area contributed by atoms with Gasteiger partial charge in [0.15, 0.2) is 7.31 Å². The average Bonchev–Trinajstić information content (AvgIpc) is 3.30. The highest BCUT2D eigenvalue weighted by molar-refractivity contribution is 7.13. The number of carbonyl (C=O) groups excluding carboxylic acids is 1. The van der Waals surface area contributed by atoms with E-state index in [1.165, 1.54) is 16.9 Å². The van der Waals surface area contributed by atoms with Crippen molar-refractivity contribution in [3.8, 4) is 16.3 Å². The Bertz CT molecular complexity index is 1010. The Morgan fingerprint density at radius 2 is 2.17 bits per heavy atom. The van der Waals surface area contributed by atoms with Crippen LogP contribution >= 0.6 is 11.3 Å². The minimum absolute atomic E-state index is 0.247. The van der Waals surface area contributed by atoms with Crippen LogP contribution in [0.3, 0.4) is 0 Å². The molecule has 3 aromatic rings. The van der Waals surface area contributed by atoms with Crippen molar-refractivity contribution >= 4 is 38.0 Å². The van der Waals surface area contributed by atoms with Gasteiger partial charge < -0.3 is 14.9 Å². The van der Waals surface area contributed by atoms with Crippen molar-refractivity contribution < 1.29 is 9.53 Å². The number of benzene rings is 1. The molecule has 1 aliphatic rings. The van der Waals surface area contributed by atoms with Crippen molar-refractivity contribution in [3.05, 3.63) is 59.4 Å². The lowest BCUT2D eigenvalue weighted by atomic mass is 9.64. The standard InChI is InChI=1S/C21H24B2N4O2S/c1-29-19-11-15(14-6-9-27(23-22)10-7-14)4-5-17(19)25-20(28)18-13-30-21(26-18)16-3-2-8-24-12-16/h2-5,8,11-14,23H,6-7,9-10,22H2,1H3,(H,25,28). The van der Waals surface area contributed by atoms with Gasteiger partial charge in [0, 0.05) is 23.3 Å². The highest BCUT2D eigenvalue weighted by Gasteiger charge is 2.21. The molecule has 1 N–H and O–H groups in total. The van der Waals surface area contributed by atoms with E-state index in [1.54, 1.807) is 24.9 Å². The van der Waals surface area contributed by atoms with Crippen molar-refractivity contribution in [2.75, 3.05) is 25.5 Å². The van der Waals surface area contributed by atoms with Gasteiger partial charge in [-0.1, -0.05) is 6.07 Å². The summed E-state index contributed by atoms with van der Waals surface area (Å²) in [4.78, 5) is 23.8. The summed E-state index contributed by atoms with van der Waals surface area (Å²) in [6.45, 7) is 2.26. The normalized spacial score (nSPS) is 15.0. The van der Waals surface area contributed by atoms with Crippen LogP contribution in [0.1, 0.15) is 34.8 Å². The maximum absolute atomic E-state index is 12.7. The molecule has 3 heterocycles. The van der Waals surface area contributed by atoms with Gasteiger partial charge in [-0.25, -0.2) is 4.98 Å². The van der Waals surface area contributed by atoms with Gasteiger partial charge in [-0.15, -0.1) is 11.3 Å². The Morgan fingerprint density at radius 1 is 1.33 bits per heavy atom. The van der Waals surface area contributed by atoms with Gasteiger partial charge in [-0.05, 0) is 61.7 Å². The summed E-state index contributed by atoms with van der Waals surface area (Å²) < 4.78 is 5.58. The number of methoxy groups -OCH3 is 1. The van der Waals surface area contributed by atoms with Gasteiger partial charge in [0.1, 0.15) is 16.5 Å². The van der Waals surface area contributed by atoms with Crippen molar-refractivity contribution in [1.82, 2.24) is 14.8 Å². The van der Waals surface area contributed by atoms with Crippen LogP contribution in [0, 0.1) is 0 Å². The van der Waals surface area contributed by atoms with Crippen LogP contribution in [0.4, 0.5) is 5.69 Å². The fourth-order valence-corrected chi connectivity index (χ4v) is 4.62. The fourth-order valence-electron chi connectivity index (χ4n) is 3.83. The third-order valence-electron chi connectivity index (χ3n) is 5.63. The molecule has 0 radical (unpaired) electrons. The van der Waals surface area contributed by atoms with Crippen molar-refractivity contribution in [2.45, 2.75) is 18.8 Å². The van der Waals surface area contributed by atoms with E-state index in [2.05, 4.69) is 40.0 Å². The Labute approximate surface area is 182 Å². The Hall–Kier alpha value is -2.64. The lowest BCUT2D eigenvalue weighted by Crippen LogP contribution is -2.36. The first-order chi connectivity index (χ1) is 14.7. The van der Waals surface area contributed by atoms with Crippen molar-refractivity contribution in [2.24, 2.45) is 0 Å². The van der Waals surface area contributed by atoms with E-state index in [1.807, 2.05) is 18.2 Å². The van der Waals surface area contributed by atoms with Crippen LogP contribution in [0.5, 0.6) is 5.75 Å². The maximum Gasteiger partial charge on any atom is 0.275 e. The summed E-state index contributed by atoms with van der Waals surface area (Å²) >= 11 is 1.43. The molecule has 1 fully saturated rings. The van der Waals surface area contributed by atoms with Crippen LogP contribution in [0.15, 0.2) is 48.1 Å². The molecule has 0 spiro atoms. The minimum Gasteiger partial charge on any atom is -0.495 e. The lowest BCUT2D eigenvalue weighted by molar-refractivity contribution is 0.102. The Morgan fingerprint density at radius 3 is 2.87 bits per heavy atom. The third kappa shape index (κ3) is 4.57. The molecule has 2 aromatic heterocycles. The number of piperidine rings is 1. The number of pyridine rings is 1. The molecular weight excluding hydrogens is 394 g/mol. The van der Waals surface area contributed by atoms with Crippen LogP contribution in [0.2, 0.25) is 0 Å². The first kappa shape index (κ1) is 20.6. The van der Waals surface area contributed by atoms with Crippen molar-refractivity contribution in [1.29, 1.82) is 0 Å². The molecule has 9 heteroatoms. The van der Waals surface area contributed by atoms with Gasteiger partial charge in [0.2, 0.25) is 0 Å². The molecular formula is C21H24B2N4O2S. The highest BCUT2D eigenvalue weighted by atomic mass is 32.1. The number of carbonyl (C=O) groups is 1. The molecule has 4 rings (SSSR count). The highest BCUT2D eigenvalue weighted by Crippen LogP contribution is 2.34. The SMILES string of the molecule is BBN1CCC(c2ccc(NC(=O)c3csc(-c4cccnc4)n3)c(OC)c2)CC1. The number of ether oxygens (including phenoxy) is 1. The number of rotatable bonds is 6. The summed E-state index contributed by atoms with van der Waals surface area (Å²) in [5.74, 6) is 0.970. The average molecular weight is 418 g/mol. The topological polar surface area (TPSA) is 67.4 Å². The predicted octanol–water partition coefficient (Wildman–Crippen LogP) is 2.55. The van der Waals surface area contributed by atoms with Crippen LogP contribution < -0.4 is 10.1 Å². The van der Waals surface area contributed by atoms with E-state index in [0.717, 1.165) is 43.8 Å². The molecule has 0 bridgehead atoms. The molecule has 0 aliphatic carbocycles. The summed E-state index contributed by atoms with van der Waals surface area (Å²) in [6.07, 6.45) is 5.76. The number of nitrogens with zero attached hydrogens (tertiary/aromatic N) is 3. The zero-order chi connectivity index (χ0) is 20.9. The molecule has 0 atom stereocenters. The van der Waals surface area contributed by atoms with Gasteiger partial charge >= 0.3 is 0 Å². The summed E-state index contributed by atoms with van der Waals surface area (Å²) in [6, 6.07) is 9.89. The first-order valence-corrected chi connectivity index (χ1v) is 11.1. The fraction of sp³-hybridized carbons (Fsp3) is 0.286. The zero-order valence-corrected chi connectivity index (χ0v) is 18.1. The maximum atomic E-state index is 12.7. The smallest absolute Gasteiger partial charge is 0.275 e. The first-order valence-electron chi connectivity index (χ1n) is 10.3. The molecule has 1 saturated heterocycles. The number of hydrogen-bond donors (Lipinski definition) is 1. The largest absolute Gasteiger partial charge is 0.495 e. The molecule has 1 aliphatic heterocycles. The molecule has 1 aromatic carbocycles. The number of thiazole rings is 1. The van der Waals surface area contributed by atoms with E-state index in [9.17, 15) is 4.79 Å². The monoisotopic (exact) mass is 418 g/mol. The molecule has 6 nitrogen and oxygen atoms in total. The third-order valence-corrected chi connectivity index (χ3v) is 6.52. The number of nitrogens with one attached hydrogen (secondary N) is 1. The Balaban J connectivity index is 1.46. The molecule has 30 heavy (non-hydrogen) atoms. The van der Waals surface area contributed by atoms with E-state index in [-0.39, 0.29) is 5.91 Å². The van der Waals surface area contributed by atoms with E-state index in [4.69, 9.17) is 4.74 Å². The van der Waals surface area contributed by atoms with Crippen LogP contribution in [-0.4, -0.2) is 55.9 Å². The Kier molecular flexibility index (Phi) is 6.50. The van der Waals surface area contributed by atoms with Crippen LogP contribution in [0.25, 0.3) is 10.6 Å². The van der Waals surface area contributed by atoms with Gasteiger partial charge in [0.05, 0.1) is 20.5 Å². The van der Waals surface area contributed by atoms with Gasteiger partial charge in [-0.3, -0.25) is 9.78 Å². The minimum atomic E-state index is -0.247. The number of hydrogen-bond acceptors (Lipinski definition) is 6. The van der Waals surface area contributed by atoms with E-state index >= 15 is 0 Å². The quantitative estimate of drug-likeness (QED) is 0.624. The number of aromatic nitrogens is 2. The van der Waals surface area contributed by atoms with Crippen LogP contribution in [-0.2, 0) is 0 Å². The predicted molar refractivity (Wildman–Crippen MR) is 126 cm³/mol. The summed E-state index contributed by atoms with van der Waals surface area (Å²) in [5.41, 5.74) is 3.22. The van der Waals surface area contributed by atoms with E-state index in [0.29, 0.717) is 23.0 Å². The van der Waals surface area contributed by atoms with Gasteiger partial charge in [0.25, 0.3) is 5.91 Å². The molecule has 152 valence electrons. The molecule has 0 unspecified atom stereocenters. The second-order valence-electron chi connectivity index (χ2n) is 7.40. The lowest BCUT2D eigenvalue weighted by Gasteiger charge is -2.31. The summed E-state index contributed by atoms with van der Waals surface area (Å²) in [7, 11) is 4.96. The van der Waals surface area contributed by atoms with E-state index < -0.39 is 0 Å². The number of amides is 1. The second-order valence-corrected chi connectivity index (χ2v) is 8.26. The summed E-state index contributed by atoms with van der Waals surface area (Å²) in [5, 5.41) is 5.48. The zero-order valence-electron chi connectivity index (χ0n) is 17.3. The molecule has 0 saturated carbocycles. The van der Waals surface area contributed by atoms with Gasteiger partial charge in [-0.2, -0.15) is 0 Å². The van der Waals surface area contributed by atoms with Crippen molar-refractivity contribution in [3.63, 3.8) is 0 Å².